The van der Waals surface area contributed by atoms with Crippen LogP contribution >= 0.6 is 0 Å². The van der Waals surface area contributed by atoms with Gasteiger partial charge in [0.1, 0.15) is 0 Å². The van der Waals surface area contributed by atoms with Crippen LogP contribution in [0.15, 0.2) is 12.2 Å². The summed E-state index contributed by atoms with van der Waals surface area (Å²) in [5.74, 6) is -0.00357. The monoisotopic (exact) mass is 296 g/mol. The normalized spacial score (nSPS) is 12.9. The molecule has 1 atom stereocenters. The Morgan fingerprint density at radius 1 is 0.905 bits per heavy atom. The van der Waals surface area contributed by atoms with Gasteiger partial charge in [-0.2, -0.15) is 0 Å². The van der Waals surface area contributed by atoms with Crippen molar-refractivity contribution >= 4 is 5.97 Å². The number of carbonyl (C=O) groups is 1. The van der Waals surface area contributed by atoms with Gasteiger partial charge in [-0.05, 0) is 38.0 Å². The van der Waals surface area contributed by atoms with Crippen molar-refractivity contribution < 1.29 is 9.90 Å². The molecule has 0 rings (SSSR count). The third-order valence-electron chi connectivity index (χ3n) is 4.05. The smallest absolute Gasteiger partial charge is 0.303 e. The Morgan fingerprint density at radius 2 is 1.48 bits per heavy atom. The number of aliphatic carboxylic acids is 1. The first-order chi connectivity index (χ1) is 10.2. The van der Waals surface area contributed by atoms with Crippen molar-refractivity contribution in [3.05, 3.63) is 12.2 Å². The van der Waals surface area contributed by atoms with Gasteiger partial charge in [0.25, 0.3) is 0 Å². The highest BCUT2D eigenvalue weighted by molar-refractivity contribution is 5.66. The summed E-state index contributed by atoms with van der Waals surface area (Å²) in [5.41, 5.74) is 0. The van der Waals surface area contributed by atoms with Crippen molar-refractivity contribution in [3.63, 3.8) is 0 Å². The minimum absolute atomic E-state index is 0.322. The maximum atomic E-state index is 10.4. The summed E-state index contributed by atoms with van der Waals surface area (Å²) in [6.45, 7) is 4.50. The zero-order valence-corrected chi connectivity index (χ0v) is 14.3. The van der Waals surface area contributed by atoms with E-state index in [2.05, 4.69) is 26.0 Å². The molecule has 0 aromatic heterocycles. The second-order valence-electron chi connectivity index (χ2n) is 6.35. The van der Waals surface area contributed by atoms with Crippen LogP contribution in [-0.4, -0.2) is 11.1 Å². The van der Waals surface area contributed by atoms with Crippen LogP contribution in [0.4, 0.5) is 0 Å². The Balaban J connectivity index is 3.25. The summed E-state index contributed by atoms with van der Waals surface area (Å²) in [6, 6.07) is 0. The number of allylic oxidation sites excluding steroid dienone is 2. The van der Waals surface area contributed by atoms with Crippen molar-refractivity contribution in [1.82, 2.24) is 0 Å². The zero-order valence-electron chi connectivity index (χ0n) is 14.3. The van der Waals surface area contributed by atoms with E-state index >= 15 is 0 Å². The summed E-state index contributed by atoms with van der Waals surface area (Å²) in [5, 5.41) is 8.59. The number of carboxylic acid groups (broad SMARTS) is 1. The van der Waals surface area contributed by atoms with Crippen molar-refractivity contribution in [1.29, 1.82) is 0 Å². The molecule has 0 aromatic rings. The molecule has 0 spiro atoms. The van der Waals surface area contributed by atoms with E-state index in [1.165, 1.54) is 64.2 Å². The molecule has 0 aliphatic rings. The molecule has 0 aliphatic carbocycles. The summed E-state index contributed by atoms with van der Waals surface area (Å²) >= 11 is 0. The van der Waals surface area contributed by atoms with E-state index in [9.17, 15) is 4.79 Å². The molecular weight excluding hydrogens is 260 g/mol. The van der Waals surface area contributed by atoms with Crippen LogP contribution in [0, 0.1) is 5.92 Å². The number of hydrogen-bond acceptors (Lipinski definition) is 1. The Labute approximate surface area is 132 Å². The topological polar surface area (TPSA) is 37.3 Å². The lowest BCUT2D eigenvalue weighted by molar-refractivity contribution is -0.137. The fraction of sp³-hybridized carbons (Fsp3) is 0.842. The molecule has 2 heteroatoms. The van der Waals surface area contributed by atoms with Crippen LogP contribution in [0.3, 0.4) is 0 Å². The predicted octanol–water partition coefficient (Wildman–Crippen LogP) is 6.35. The second kappa shape index (κ2) is 15.6. The standard InChI is InChI=1S/C19H36O2/c1-3-4-5-6-7-8-9-10-11-12-13-15-18(2)16-14-17-19(20)21/h10-11,18H,3-9,12-17H2,1-2H3,(H,20,21)/b11-10-. The molecule has 0 radical (unpaired) electrons. The summed E-state index contributed by atoms with van der Waals surface area (Å²) in [6.07, 6.45) is 20.0. The molecule has 0 amide bonds. The van der Waals surface area contributed by atoms with Crippen LogP contribution in [-0.2, 0) is 4.79 Å². The van der Waals surface area contributed by atoms with E-state index in [0.29, 0.717) is 12.3 Å². The number of carboxylic acids is 1. The third kappa shape index (κ3) is 17.2. The molecule has 124 valence electrons. The molecular formula is C19H36O2. The Hall–Kier alpha value is -0.790. The van der Waals surface area contributed by atoms with Gasteiger partial charge < -0.3 is 5.11 Å². The number of unbranched alkanes of at least 4 members (excludes halogenated alkanes) is 7. The van der Waals surface area contributed by atoms with Crippen LogP contribution in [0.1, 0.15) is 97.3 Å². The van der Waals surface area contributed by atoms with Crippen LogP contribution in [0.25, 0.3) is 0 Å². The van der Waals surface area contributed by atoms with E-state index in [1.54, 1.807) is 0 Å². The van der Waals surface area contributed by atoms with Crippen molar-refractivity contribution in [2.45, 2.75) is 97.3 Å². The van der Waals surface area contributed by atoms with Crippen LogP contribution < -0.4 is 0 Å². The molecule has 1 N–H and O–H groups in total. The molecule has 0 saturated carbocycles. The Bertz CT molecular complexity index is 258. The van der Waals surface area contributed by atoms with Gasteiger partial charge in [0.05, 0.1) is 0 Å². The fourth-order valence-electron chi connectivity index (χ4n) is 2.61. The SMILES string of the molecule is CCCCCCCC/C=C\CCCC(C)CCCC(=O)O. The second-order valence-corrected chi connectivity index (χ2v) is 6.35. The van der Waals surface area contributed by atoms with Crippen molar-refractivity contribution in [2.24, 2.45) is 5.92 Å². The highest BCUT2D eigenvalue weighted by atomic mass is 16.4. The van der Waals surface area contributed by atoms with E-state index in [0.717, 1.165) is 12.8 Å². The third-order valence-corrected chi connectivity index (χ3v) is 4.05. The lowest BCUT2D eigenvalue weighted by atomic mass is 9.98. The van der Waals surface area contributed by atoms with Gasteiger partial charge >= 0.3 is 5.97 Å². The zero-order chi connectivity index (χ0) is 15.8. The molecule has 0 aromatic carbocycles. The van der Waals surface area contributed by atoms with E-state index in [1.807, 2.05) is 0 Å². The molecule has 0 bridgehead atoms. The molecule has 21 heavy (non-hydrogen) atoms. The van der Waals surface area contributed by atoms with E-state index in [-0.39, 0.29) is 0 Å². The summed E-state index contributed by atoms with van der Waals surface area (Å²) in [7, 11) is 0. The Morgan fingerprint density at radius 3 is 2.14 bits per heavy atom. The summed E-state index contributed by atoms with van der Waals surface area (Å²) in [4.78, 5) is 10.4. The van der Waals surface area contributed by atoms with Gasteiger partial charge in [-0.1, -0.05) is 70.9 Å². The Kier molecular flexibility index (Phi) is 15.0. The molecule has 0 fully saturated rings. The van der Waals surface area contributed by atoms with Gasteiger partial charge in [0.15, 0.2) is 0 Å². The molecule has 1 unspecified atom stereocenters. The van der Waals surface area contributed by atoms with Gasteiger partial charge in [-0.15, -0.1) is 0 Å². The maximum absolute atomic E-state index is 10.4. The van der Waals surface area contributed by atoms with Gasteiger partial charge in [0, 0.05) is 6.42 Å². The first-order valence-corrected chi connectivity index (χ1v) is 9.03. The van der Waals surface area contributed by atoms with Gasteiger partial charge in [-0.25, -0.2) is 0 Å². The molecule has 0 aliphatic heterocycles. The average Bonchev–Trinajstić information content (AvgIpc) is 2.44. The average molecular weight is 296 g/mol. The van der Waals surface area contributed by atoms with Crippen LogP contribution in [0.5, 0.6) is 0 Å². The predicted molar refractivity (Wildman–Crippen MR) is 91.6 cm³/mol. The first kappa shape index (κ1) is 20.2. The van der Waals surface area contributed by atoms with Crippen LogP contribution in [0.2, 0.25) is 0 Å². The van der Waals surface area contributed by atoms with Gasteiger partial charge in [-0.3, -0.25) is 4.79 Å². The van der Waals surface area contributed by atoms with Crippen molar-refractivity contribution in [3.8, 4) is 0 Å². The maximum Gasteiger partial charge on any atom is 0.303 e. The quantitative estimate of drug-likeness (QED) is 0.282. The highest BCUT2D eigenvalue weighted by Gasteiger charge is 2.03. The minimum atomic E-state index is -0.667. The lowest BCUT2D eigenvalue weighted by Gasteiger charge is -2.08. The van der Waals surface area contributed by atoms with Crippen molar-refractivity contribution in [2.75, 3.05) is 0 Å². The van der Waals surface area contributed by atoms with E-state index in [4.69, 9.17) is 5.11 Å². The lowest BCUT2D eigenvalue weighted by Crippen LogP contribution is -1.99. The fourth-order valence-corrected chi connectivity index (χ4v) is 2.61. The molecule has 0 saturated heterocycles. The van der Waals surface area contributed by atoms with Gasteiger partial charge in [0.2, 0.25) is 0 Å². The summed E-state index contributed by atoms with van der Waals surface area (Å²) < 4.78 is 0. The first-order valence-electron chi connectivity index (χ1n) is 9.03. The number of rotatable bonds is 15. The number of hydrogen-bond donors (Lipinski definition) is 1. The largest absolute Gasteiger partial charge is 0.481 e. The molecule has 2 nitrogen and oxygen atoms in total. The van der Waals surface area contributed by atoms with E-state index < -0.39 is 5.97 Å². The molecule has 0 heterocycles. The minimum Gasteiger partial charge on any atom is -0.481 e. The highest BCUT2D eigenvalue weighted by Crippen LogP contribution is 2.15.